The highest BCUT2D eigenvalue weighted by molar-refractivity contribution is 6.31. The van der Waals surface area contributed by atoms with Crippen LogP contribution in [0.3, 0.4) is 0 Å². The van der Waals surface area contributed by atoms with Gasteiger partial charge in [-0.15, -0.1) is 0 Å². The lowest BCUT2D eigenvalue weighted by Gasteiger charge is -2.09. The number of aromatic carboxylic acids is 1. The highest BCUT2D eigenvalue weighted by Gasteiger charge is 2.12. The van der Waals surface area contributed by atoms with Gasteiger partial charge in [-0.05, 0) is 36.6 Å². The van der Waals surface area contributed by atoms with Crippen molar-refractivity contribution in [3.05, 3.63) is 64.7 Å². The first-order valence-corrected chi connectivity index (χ1v) is 7.30. The molecule has 2 aromatic rings. The van der Waals surface area contributed by atoms with Crippen LogP contribution in [-0.2, 0) is 11.2 Å². The summed E-state index contributed by atoms with van der Waals surface area (Å²) in [7, 11) is 0. The number of hydrogen-bond donors (Lipinski definition) is 2. The van der Waals surface area contributed by atoms with Crippen LogP contribution in [0.1, 0.15) is 28.8 Å². The van der Waals surface area contributed by atoms with E-state index in [4.69, 9.17) is 16.7 Å². The second kappa shape index (κ2) is 7.61. The minimum absolute atomic E-state index is 0.0285. The number of nitrogens with one attached hydrogen (secondary N) is 1. The number of aryl methyl sites for hydroxylation is 1. The molecule has 2 N–H and O–H groups in total. The Hall–Kier alpha value is -2.33. The lowest BCUT2D eigenvalue weighted by molar-refractivity contribution is -0.116. The van der Waals surface area contributed by atoms with Gasteiger partial charge in [-0.2, -0.15) is 0 Å². The summed E-state index contributed by atoms with van der Waals surface area (Å²) in [5.41, 5.74) is 1.43. The lowest BCUT2D eigenvalue weighted by atomic mass is 10.1. The molecular weight excluding hydrogens is 302 g/mol. The summed E-state index contributed by atoms with van der Waals surface area (Å²) >= 11 is 5.85. The molecule has 0 aromatic heterocycles. The molecule has 0 saturated carbocycles. The third-order valence-electron chi connectivity index (χ3n) is 3.20. The van der Waals surface area contributed by atoms with Gasteiger partial charge in [0.05, 0.1) is 11.3 Å². The number of carboxylic acid groups (broad SMARTS) is 1. The van der Waals surface area contributed by atoms with Crippen molar-refractivity contribution in [1.29, 1.82) is 0 Å². The van der Waals surface area contributed by atoms with E-state index >= 15 is 0 Å². The molecule has 0 spiro atoms. The van der Waals surface area contributed by atoms with E-state index < -0.39 is 5.97 Å². The maximum absolute atomic E-state index is 11.9. The summed E-state index contributed by atoms with van der Waals surface area (Å²) in [5.74, 6) is -1.32. The zero-order chi connectivity index (χ0) is 15.9. The number of benzene rings is 2. The zero-order valence-corrected chi connectivity index (χ0v) is 12.6. The Bertz CT molecular complexity index is 671. The summed E-state index contributed by atoms with van der Waals surface area (Å²) in [6.45, 7) is 0. The molecule has 22 heavy (non-hydrogen) atoms. The molecule has 0 aliphatic heterocycles. The standard InChI is InChI=1S/C17H16ClNO3/c18-13-9-10-14(17(21)22)15(11-13)19-16(20)8-4-7-12-5-2-1-3-6-12/h1-3,5-6,9-11H,4,7-8H2,(H,19,20)(H,21,22). The van der Waals surface area contributed by atoms with Crippen LogP contribution in [-0.4, -0.2) is 17.0 Å². The van der Waals surface area contributed by atoms with Crippen molar-refractivity contribution in [2.45, 2.75) is 19.3 Å². The SMILES string of the molecule is O=C(CCCc1ccccc1)Nc1cc(Cl)ccc1C(=O)O. The van der Waals surface area contributed by atoms with E-state index in [0.29, 0.717) is 17.9 Å². The molecule has 0 aliphatic rings. The molecule has 0 fully saturated rings. The molecule has 5 heteroatoms. The monoisotopic (exact) mass is 317 g/mol. The fourth-order valence-corrected chi connectivity index (χ4v) is 2.29. The van der Waals surface area contributed by atoms with Crippen LogP contribution in [0.5, 0.6) is 0 Å². The molecule has 0 unspecified atom stereocenters. The van der Waals surface area contributed by atoms with Crippen LogP contribution < -0.4 is 5.32 Å². The van der Waals surface area contributed by atoms with Crippen LogP contribution in [0, 0.1) is 0 Å². The van der Waals surface area contributed by atoms with Gasteiger partial charge < -0.3 is 10.4 Å². The Kier molecular flexibility index (Phi) is 5.55. The first kappa shape index (κ1) is 16.0. The van der Waals surface area contributed by atoms with E-state index in [1.807, 2.05) is 30.3 Å². The van der Waals surface area contributed by atoms with Gasteiger partial charge in [-0.25, -0.2) is 4.79 Å². The molecule has 2 aromatic carbocycles. The largest absolute Gasteiger partial charge is 0.478 e. The lowest BCUT2D eigenvalue weighted by Crippen LogP contribution is -2.14. The van der Waals surface area contributed by atoms with Crippen LogP contribution in [0.4, 0.5) is 5.69 Å². The minimum atomic E-state index is -1.10. The number of carbonyl (C=O) groups excluding carboxylic acids is 1. The summed E-state index contributed by atoms with van der Waals surface area (Å²) in [4.78, 5) is 23.1. The first-order chi connectivity index (χ1) is 10.6. The van der Waals surface area contributed by atoms with E-state index in [0.717, 1.165) is 6.42 Å². The Morgan fingerprint density at radius 3 is 2.50 bits per heavy atom. The minimum Gasteiger partial charge on any atom is -0.478 e. The van der Waals surface area contributed by atoms with Gasteiger partial charge in [0.25, 0.3) is 0 Å². The van der Waals surface area contributed by atoms with Gasteiger partial charge in [-0.1, -0.05) is 41.9 Å². The molecule has 0 bridgehead atoms. The van der Waals surface area contributed by atoms with Crippen molar-refractivity contribution in [1.82, 2.24) is 0 Å². The van der Waals surface area contributed by atoms with Gasteiger partial charge in [0, 0.05) is 11.4 Å². The van der Waals surface area contributed by atoms with E-state index in [-0.39, 0.29) is 17.2 Å². The average Bonchev–Trinajstić information content (AvgIpc) is 2.48. The van der Waals surface area contributed by atoms with Crippen LogP contribution in [0.15, 0.2) is 48.5 Å². The van der Waals surface area contributed by atoms with Crippen LogP contribution in [0.25, 0.3) is 0 Å². The van der Waals surface area contributed by atoms with Gasteiger partial charge >= 0.3 is 5.97 Å². The topological polar surface area (TPSA) is 66.4 Å². The fourth-order valence-electron chi connectivity index (χ4n) is 2.12. The zero-order valence-electron chi connectivity index (χ0n) is 11.9. The molecule has 114 valence electrons. The molecular formula is C17H16ClNO3. The van der Waals surface area contributed by atoms with Crippen molar-refractivity contribution in [2.75, 3.05) is 5.32 Å². The van der Waals surface area contributed by atoms with Crippen LogP contribution >= 0.6 is 11.6 Å². The molecule has 0 atom stereocenters. The van der Waals surface area contributed by atoms with E-state index in [1.165, 1.54) is 23.8 Å². The summed E-state index contributed by atoms with van der Waals surface area (Å²) in [6.07, 6.45) is 1.81. The molecule has 4 nitrogen and oxygen atoms in total. The van der Waals surface area contributed by atoms with E-state index in [9.17, 15) is 9.59 Å². The van der Waals surface area contributed by atoms with Crippen LogP contribution in [0.2, 0.25) is 5.02 Å². The first-order valence-electron chi connectivity index (χ1n) is 6.93. The second-order valence-corrected chi connectivity index (χ2v) is 5.32. The number of amides is 1. The predicted molar refractivity (Wildman–Crippen MR) is 86.4 cm³/mol. The fraction of sp³-hybridized carbons (Fsp3) is 0.176. The Morgan fingerprint density at radius 1 is 1.09 bits per heavy atom. The van der Waals surface area contributed by atoms with Crippen molar-refractivity contribution in [3.63, 3.8) is 0 Å². The molecule has 2 rings (SSSR count). The maximum Gasteiger partial charge on any atom is 0.337 e. The number of carboxylic acids is 1. The molecule has 1 amide bonds. The van der Waals surface area contributed by atoms with E-state index in [2.05, 4.69) is 5.32 Å². The Balaban J connectivity index is 1.92. The highest BCUT2D eigenvalue weighted by atomic mass is 35.5. The predicted octanol–water partition coefficient (Wildman–Crippen LogP) is 4.00. The third kappa shape index (κ3) is 4.60. The second-order valence-electron chi connectivity index (χ2n) is 4.88. The van der Waals surface area contributed by atoms with Crippen molar-refractivity contribution in [3.8, 4) is 0 Å². The van der Waals surface area contributed by atoms with Gasteiger partial charge in [0.1, 0.15) is 0 Å². The maximum atomic E-state index is 11.9. The van der Waals surface area contributed by atoms with Gasteiger partial charge in [-0.3, -0.25) is 4.79 Å². The van der Waals surface area contributed by atoms with Crippen molar-refractivity contribution < 1.29 is 14.7 Å². The molecule has 0 radical (unpaired) electrons. The smallest absolute Gasteiger partial charge is 0.337 e. The van der Waals surface area contributed by atoms with Crippen molar-refractivity contribution in [2.24, 2.45) is 0 Å². The number of hydrogen-bond acceptors (Lipinski definition) is 2. The molecule has 0 heterocycles. The quantitative estimate of drug-likeness (QED) is 0.846. The average molecular weight is 318 g/mol. The number of carbonyl (C=O) groups is 2. The Morgan fingerprint density at radius 2 is 1.82 bits per heavy atom. The van der Waals surface area contributed by atoms with Gasteiger partial charge in [0.2, 0.25) is 5.91 Å². The van der Waals surface area contributed by atoms with E-state index in [1.54, 1.807) is 0 Å². The molecule has 0 aliphatic carbocycles. The molecule has 0 saturated heterocycles. The third-order valence-corrected chi connectivity index (χ3v) is 3.43. The van der Waals surface area contributed by atoms with Crippen molar-refractivity contribution >= 4 is 29.2 Å². The normalized spacial score (nSPS) is 10.2. The summed E-state index contributed by atoms with van der Waals surface area (Å²) < 4.78 is 0. The summed E-state index contributed by atoms with van der Waals surface area (Å²) in [5, 5.41) is 12.1. The summed E-state index contributed by atoms with van der Waals surface area (Å²) in [6, 6.07) is 14.2. The number of halogens is 1. The highest BCUT2D eigenvalue weighted by Crippen LogP contribution is 2.21. The number of anilines is 1. The number of rotatable bonds is 6. The Labute approximate surface area is 133 Å². The van der Waals surface area contributed by atoms with Gasteiger partial charge in [0.15, 0.2) is 0 Å².